The lowest BCUT2D eigenvalue weighted by molar-refractivity contribution is -0.290. The Kier molecular flexibility index (Phi) is 4.80. The van der Waals surface area contributed by atoms with Crippen molar-refractivity contribution in [1.29, 1.82) is 0 Å². The van der Waals surface area contributed by atoms with E-state index in [1.165, 1.54) is 34.9 Å². The Balaban J connectivity index is 1.86. The highest BCUT2D eigenvalue weighted by Gasteiger charge is 2.60. The van der Waals surface area contributed by atoms with Crippen LogP contribution in [0, 0.1) is 0 Å². The minimum Gasteiger partial charge on any atom is -0.422 e. The molecule has 0 unspecified atom stereocenters. The van der Waals surface area contributed by atoms with E-state index in [1.807, 2.05) is 0 Å². The van der Waals surface area contributed by atoms with E-state index >= 15 is 0 Å². The Morgan fingerprint density at radius 3 is 2.36 bits per heavy atom. The number of aromatic nitrogens is 5. The SMILES string of the molecule is FC(F)(F)C(F)(F)c1cc(-c2ccc(Cl)c(Cl)c2)c2ccc3nc(-c4nnco4)cn3c2n1. The van der Waals surface area contributed by atoms with Gasteiger partial charge in [0.05, 0.1) is 10.0 Å². The van der Waals surface area contributed by atoms with Gasteiger partial charge >= 0.3 is 12.1 Å². The predicted octanol–water partition coefficient (Wildman–Crippen LogP) is 6.56. The molecule has 5 rings (SSSR count). The van der Waals surface area contributed by atoms with Crippen LogP contribution in [0.5, 0.6) is 0 Å². The highest BCUT2D eigenvalue weighted by molar-refractivity contribution is 6.42. The number of halogens is 7. The third-order valence-corrected chi connectivity index (χ3v) is 5.63. The summed E-state index contributed by atoms with van der Waals surface area (Å²) in [5, 5.41) is 7.84. The van der Waals surface area contributed by atoms with Crippen molar-refractivity contribution in [3.8, 4) is 22.7 Å². The molecule has 4 aromatic heterocycles. The molecule has 5 aromatic rings. The van der Waals surface area contributed by atoms with Crippen LogP contribution < -0.4 is 0 Å². The fraction of sp³-hybridized carbons (Fsp3) is 0.100. The average Bonchev–Trinajstić information content (AvgIpc) is 3.43. The van der Waals surface area contributed by atoms with Gasteiger partial charge in [0, 0.05) is 11.6 Å². The van der Waals surface area contributed by atoms with Crippen molar-refractivity contribution in [2.45, 2.75) is 12.1 Å². The van der Waals surface area contributed by atoms with E-state index in [9.17, 15) is 22.0 Å². The molecule has 0 bridgehead atoms. The molecule has 0 aliphatic rings. The molecular formula is C20H8Cl2F5N5O. The zero-order chi connectivity index (χ0) is 23.5. The van der Waals surface area contributed by atoms with Crippen LogP contribution in [0.1, 0.15) is 5.69 Å². The number of benzene rings is 1. The van der Waals surface area contributed by atoms with Gasteiger partial charge in [0.1, 0.15) is 22.7 Å². The first-order chi connectivity index (χ1) is 15.6. The molecule has 1 aromatic carbocycles. The first-order valence-electron chi connectivity index (χ1n) is 9.06. The number of imidazole rings is 1. The number of alkyl halides is 5. The average molecular weight is 500 g/mol. The Hall–Kier alpha value is -3.31. The third kappa shape index (κ3) is 3.47. The summed E-state index contributed by atoms with van der Waals surface area (Å²) < 4.78 is 74.7. The first-order valence-corrected chi connectivity index (χ1v) is 9.82. The summed E-state index contributed by atoms with van der Waals surface area (Å²) in [4.78, 5) is 7.94. The topological polar surface area (TPSA) is 69.1 Å². The summed E-state index contributed by atoms with van der Waals surface area (Å²) in [6.45, 7) is 0. The third-order valence-electron chi connectivity index (χ3n) is 4.89. The maximum absolute atomic E-state index is 14.4. The molecule has 0 N–H and O–H groups in total. The summed E-state index contributed by atoms with van der Waals surface area (Å²) in [5.41, 5.74) is -0.945. The molecule has 33 heavy (non-hydrogen) atoms. The van der Waals surface area contributed by atoms with Gasteiger partial charge in [-0.15, -0.1) is 10.2 Å². The molecular weight excluding hydrogens is 492 g/mol. The van der Waals surface area contributed by atoms with E-state index < -0.39 is 17.8 Å². The van der Waals surface area contributed by atoms with E-state index in [1.54, 1.807) is 6.07 Å². The molecule has 0 aliphatic carbocycles. The van der Waals surface area contributed by atoms with Crippen LogP contribution in [-0.2, 0) is 5.92 Å². The van der Waals surface area contributed by atoms with Gasteiger partial charge in [0.25, 0.3) is 5.89 Å². The minimum absolute atomic E-state index is 0.0355. The van der Waals surface area contributed by atoms with Crippen molar-refractivity contribution in [2.24, 2.45) is 0 Å². The zero-order valence-electron chi connectivity index (χ0n) is 15.9. The van der Waals surface area contributed by atoms with Gasteiger partial charge < -0.3 is 4.42 Å². The molecule has 0 atom stereocenters. The van der Waals surface area contributed by atoms with Gasteiger partial charge in [-0.25, -0.2) is 9.97 Å². The number of nitrogens with zero attached hydrogens (tertiary/aromatic N) is 5. The lowest BCUT2D eigenvalue weighted by atomic mass is 10.00. The molecule has 168 valence electrons. The largest absolute Gasteiger partial charge is 0.459 e. The second kappa shape index (κ2) is 7.35. The maximum atomic E-state index is 14.4. The molecule has 4 heterocycles. The second-order valence-electron chi connectivity index (χ2n) is 6.92. The summed E-state index contributed by atoms with van der Waals surface area (Å²) in [6, 6.07) is 7.99. The van der Waals surface area contributed by atoms with Crippen LogP contribution in [0.25, 0.3) is 39.4 Å². The fourth-order valence-electron chi connectivity index (χ4n) is 3.33. The Morgan fingerprint density at radius 2 is 1.70 bits per heavy atom. The number of hydrogen-bond donors (Lipinski definition) is 0. The Labute approximate surface area is 190 Å². The van der Waals surface area contributed by atoms with Gasteiger partial charge in [0.15, 0.2) is 0 Å². The highest BCUT2D eigenvalue weighted by atomic mass is 35.5. The van der Waals surface area contributed by atoms with Gasteiger partial charge in [-0.2, -0.15) is 22.0 Å². The molecule has 0 saturated carbocycles. The molecule has 0 amide bonds. The van der Waals surface area contributed by atoms with Crippen LogP contribution >= 0.6 is 23.2 Å². The van der Waals surface area contributed by atoms with Crippen LogP contribution in [0.15, 0.2) is 53.4 Å². The number of pyridine rings is 2. The monoisotopic (exact) mass is 499 g/mol. The minimum atomic E-state index is -5.86. The second-order valence-corrected chi connectivity index (χ2v) is 7.74. The summed E-state index contributed by atoms with van der Waals surface area (Å²) in [5.74, 6) is -5.18. The van der Waals surface area contributed by atoms with E-state index in [0.717, 1.165) is 6.39 Å². The molecule has 0 fully saturated rings. The molecule has 0 saturated heterocycles. The van der Waals surface area contributed by atoms with Crippen LogP contribution in [0.2, 0.25) is 10.0 Å². The van der Waals surface area contributed by atoms with Gasteiger partial charge in [-0.05, 0) is 41.5 Å². The quantitative estimate of drug-likeness (QED) is 0.263. The lowest BCUT2D eigenvalue weighted by Gasteiger charge is -2.21. The molecule has 0 aliphatic heterocycles. The fourth-order valence-corrected chi connectivity index (χ4v) is 3.62. The summed E-state index contributed by atoms with van der Waals surface area (Å²) in [6.07, 6.45) is -3.44. The van der Waals surface area contributed by atoms with Crippen molar-refractivity contribution in [3.05, 3.63) is 64.7 Å². The van der Waals surface area contributed by atoms with Crippen LogP contribution in [0.3, 0.4) is 0 Å². The van der Waals surface area contributed by atoms with Gasteiger partial charge in [-0.3, -0.25) is 4.40 Å². The number of rotatable bonds is 3. The van der Waals surface area contributed by atoms with Crippen molar-refractivity contribution >= 4 is 39.9 Å². The summed E-state index contributed by atoms with van der Waals surface area (Å²) in [7, 11) is 0. The molecule has 0 spiro atoms. The van der Waals surface area contributed by atoms with E-state index in [2.05, 4.69) is 20.2 Å². The van der Waals surface area contributed by atoms with Crippen LogP contribution in [0.4, 0.5) is 22.0 Å². The first kappa shape index (κ1) is 21.5. The van der Waals surface area contributed by atoms with E-state index in [-0.39, 0.29) is 49.4 Å². The standard InChI is InChI=1S/C20H8Cl2F5N5O/c21-12-3-1-9(5-13(12)22)11-6-15(19(23,24)20(25,26)27)30-17-10(11)2-4-16-29-14(7-32(16)17)18-31-28-8-33-18/h1-8H. The summed E-state index contributed by atoms with van der Waals surface area (Å²) >= 11 is 12.0. The zero-order valence-corrected chi connectivity index (χ0v) is 17.4. The van der Waals surface area contributed by atoms with E-state index in [0.29, 0.717) is 6.07 Å². The maximum Gasteiger partial charge on any atom is 0.459 e. The van der Waals surface area contributed by atoms with Crippen LogP contribution in [-0.4, -0.2) is 30.7 Å². The molecule has 0 radical (unpaired) electrons. The smallest absolute Gasteiger partial charge is 0.422 e. The van der Waals surface area contributed by atoms with Crippen molar-refractivity contribution in [3.63, 3.8) is 0 Å². The normalized spacial score (nSPS) is 12.7. The lowest BCUT2D eigenvalue weighted by Crippen LogP contribution is -2.34. The van der Waals surface area contributed by atoms with E-state index in [4.69, 9.17) is 27.6 Å². The van der Waals surface area contributed by atoms with Crippen molar-refractivity contribution < 1.29 is 26.4 Å². The predicted molar refractivity (Wildman–Crippen MR) is 109 cm³/mol. The molecule has 13 heteroatoms. The Morgan fingerprint density at radius 1 is 0.909 bits per heavy atom. The number of hydrogen-bond acceptors (Lipinski definition) is 5. The van der Waals surface area contributed by atoms with Crippen molar-refractivity contribution in [2.75, 3.05) is 0 Å². The van der Waals surface area contributed by atoms with Gasteiger partial charge in [0.2, 0.25) is 6.39 Å². The highest BCUT2D eigenvalue weighted by Crippen LogP contribution is 2.45. The molecule has 6 nitrogen and oxygen atoms in total. The van der Waals surface area contributed by atoms with Crippen molar-refractivity contribution in [1.82, 2.24) is 24.6 Å². The number of fused-ring (bicyclic) bond motifs is 3. The van der Waals surface area contributed by atoms with Gasteiger partial charge in [-0.1, -0.05) is 29.3 Å². The Bertz CT molecular complexity index is 1520.